The minimum Gasteiger partial charge on any atom is -0.486 e. The van der Waals surface area contributed by atoms with Crippen molar-refractivity contribution in [3.05, 3.63) is 65.2 Å². The number of carbonyl (C=O) groups excluding carboxylic acids is 2. The molecule has 0 radical (unpaired) electrons. The molecular formula is C26H27F3N2O5. The molecule has 10 heteroatoms. The zero-order chi connectivity index (χ0) is 26.3. The minimum atomic E-state index is -3.41. The Bertz CT molecular complexity index is 1280. The lowest BCUT2D eigenvalue weighted by atomic mass is 10.1. The number of rotatable bonds is 5. The molecule has 1 saturated heterocycles. The zero-order valence-electron chi connectivity index (χ0n) is 20.4. The van der Waals surface area contributed by atoms with Gasteiger partial charge in [0.25, 0.3) is 11.8 Å². The highest BCUT2D eigenvalue weighted by molar-refractivity contribution is 6.08. The fourth-order valence-electron chi connectivity index (χ4n) is 4.00. The molecule has 3 aromatic rings. The highest BCUT2D eigenvalue weighted by Crippen LogP contribution is 2.34. The third-order valence-electron chi connectivity index (χ3n) is 5.67. The summed E-state index contributed by atoms with van der Waals surface area (Å²) in [7, 11) is 0. The standard InChI is InChI=1S/C26H27F3N2O5/c1-15-20(23(32)30-19-12-31(14-26(19,28)29)24(33)36-25(2,3)4)21-17(35-15)10-11-18(22(21)27)34-13-16-8-6-5-7-9-16/h5-11,19H,12-14H2,1-4H3,(H,30,32). The molecule has 0 bridgehead atoms. The van der Waals surface area contributed by atoms with E-state index in [-0.39, 0.29) is 34.6 Å². The number of nitrogens with one attached hydrogen (secondary N) is 1. The number of ether oxygens (including phenoxy) is 2. The van der Waals surface area contributed by atoms with E-state index >= 15 is 4.39 Å². The van der Waals surface area contributed by atoms with Gasteiger partial charge >= 0.3 is 6.09 Å². The zero-order valence-corrected chi connectivity index (χ0v) is 20.4. The van der Waals surface area contributed by atoms with Crippen molar-refractivity contribution < 1.29 is 36.7 Å². The van der Waals surface area contributed by atoms with Gasteiger partial charge in [-0.05, 0) is 45.4 Å². The fourth-order valence-corrected chi connectivity index (χ4v) is 4.00. The number of hydrogen-bond donors (Lipinski definition) is 1. The first-order valence-corrected chi connectivity index (χ1v) is 11.4. The quantitative estimate of drug-likeness (QED) is 0.500. The number of fused-ring (bicyclic) bond motifs is 1. The number of halogens is 3. The van der Waals surface area contributed by atoms with E-state index in [0.29, 0.717) is 0 Å². The molecule has 4 rings (SSSR count). The topological polar surface area (TPSA) is 81.0 Å². The maximum Gasteiger partial charge on any atom is 0.410 e. The van der Waals surface area contributed by atoms with E-state index in [1.54, 1.807) is 20.8 Å². The SMILES string of the molecule is Cc1oc2ccc(OCc3ccccc3)c(F)c2c1C(=O)NC1CN(C(=O)OC(C)(C)C)CC1(F)F. The Morgan fingerprint density at radius 1 is 1.17 bits per heavy atom. The van der Waals surface area contributed by atoms with Gasteiger partial charge in [0.2, 0.25) is 0 Å². The monoisotopic (exact) mass is 504 g/mol. The maximum absolute atomic E-state index is 15.4. The smallest absolute Gasteiger partial charge is 0.410 e. The van der Waals surface area contributed by atoms with Crippen LogP contribution < -0.4 is 10.1 Å². The first-order valence-electron chi connectivity index (χ1n) is 11.4. The van der Waals surface area contributed by atoms with E-state index in [9.17, 15) is 18.4 Å². The lowest BCUT2D eigenvalue weighted by Gasteiger charge is -2.24. The van der Waals surface area contributed by atoms with E-state index in [1.165, 1.54) is 19.1 Å². The Kier molecular flexibility index (Phi) is 6.64. The van der Waals surface area contributed by atoms with Crippen LogP contribution in [-0.4, -0.2) is 47.6 Å². The Labute approximate surface area is 206 Å². The van der Waals surface area contributed by atoms with Gasteiger partial charge in [-0.3, -0.25) is 9.69 Å². The van der Waals surface area contributed by atoms with Gasteiger partial charge in [-0.25, -0.2) is 18.0 Å². The summed E-state index contributed by atoms with van der Waals surface area (Å²) >= 11 is 0. The lowest BCUT2D eigenvalue weighted by Crippen LogP contribution is -2.46. The molecule has 1 unspecified atom stereocenters. The lowest BCUT2D eigenvalue weighted by molar-refractivity contribution is -0.0153. The van der Waals surface area contributed by atoms with E-state index < -0.39 is 48.5 Å². The third-order valence-corrected chi connectivity index (χ3v) is 5.67. The normalized spacial score (nSPS) is 17.3. The second-order valence-electron chi connectivity index (χ2n) is 9.71. The predicted octanol–water partition coefficient (Wildman–Crippen LogP) is 5.44. The summed E-state index contributed by atoms with van der Waals surface area (Å²) in [5.41, 5.74) is -0.176. The molecule has 0 saturated carbocycles. The molecule has 0 spiro atoms. The van der Waals surface area contributed by atoms with Crippen molar-refractivity contribution in [1.29, 1.82) is 0 Å². The first kappa shape index (κ1) is 25.4. The van der Waals surface area contributed by atoms with Crippen molar-refractivity contribution in [2.24, 2.45) is 0 Å². The van der Waals surface area contributed by atoms with Gasteiger partial charge in [0.1, 0.15) is 29.6 Å². The number of hydrogen-bond acceptors (Lipinski definition) is 5. The van der Waals surface area contributed by atoms with Gasteiger partial charge < -0.3 is 19.2 Å². The van der Waals surface area contributed by atoms with Crippen LogP contribution in [0.15, 0.2) is 46.9 Å². The largest absolute Gasteiger partial charge is 0.486 e. The molecule has 1 fully saturated rings. The van der Waals surface area contributed by atoms with Gasteiger partial charge in [-0.15, -0.1) is 0 Å². The summed E-state index contributed by atoms with van der Waals surface area (Å²) in [6.45, 7) is 5.03. The Morgan fingerprint density at radius 2 is 1.86 bits per heavy atom. The van der Waals surface area contributed by atoms with Crippen molar-refractivity contribution in [3.8, 4) is 5.75 Å². The van der Waals surface area contributed by atoms with Crippen LogP contribution >= 0.6 is 0 Å². The average Bonchev–Trinajstić information content (AvgIpc) is 3.28. The van der Waals surface area contributed by atoms with Crippen LogP contribution in [0.4, 0.5) is 18.0 Å². The molecule has 1 aliphatic heterocycles. The van der Waals surface area contributed by atoms with Crippen LogP contribution in [0.25, 0.3) is 11.0 Å². The number of likely N-dealkylation sites (tertiary alicyclic amines) is 1. The number of carbonyl (C=O) groups is 2. The molecule has 1 N–H and O–H groups in total. The summed E-state index contributed by atoms with van der Waals surface area (Å²) in [5.74, 6) is -5.24. The first-order chi connectivity index (χ1) is 16.9. The highest BCUT2D eigenvalue weighted by Gasteiger charge is 2.51. The van der Waals surface area contributed by atoms with E-state index in [1.807, 2.05) is 30.3 Å². The van der Waals surface area contributed by atoms with Crippen LogP contribution in [0.3, 0.4) is 0 Å². The number of benzene rings is 2. The van der Waals surface area contributed by atoms with Crippen molar-refractivity contribution in [1.82, 2.24) is 10.2 Å². The number of aryl methyl sites for hydroxylation is 1. The van der Waals surface area contributed by atoms with Crippen LogP contribution in [-0.2, 0) is 11.3 Å². The molecule has 2 aromatic carbocycles. The summed E-state index contributed by atoms with van der Waals surface area (Å²) in [6.07, 6.45) is -0.907. The molecule has 36 heavy (non-hydrogen) atoms. The second kappa shape index (κ2) is 9.40. The predicted molar refractivity (Wildman–Crippen MR) is 126 cm³/mol. The van der Waals surface area contributed by atoms with Gasteiger partial charge in [0, 0.05) is 0 Å². The van der Waals surface area contributed by atoms with E-state index in [2.05, 4.69) is 5.32 Å². The summed E-state index contributed by atoms with van der Waals surface area (Å²) in [5, 5.41) is 2.09. The molecule has 2 heterocycles. The molecular weight excluding hydrogens is 477 g/mol. The molecule has 1 aromatic heterocycles. The summed E-state index contributed by atoms with van der Waals surface area (Å²) in [4.78, 5) is 26.2. The van der Waals surface area contributed by atoms with Crippen molar-refractivity contribution in [2.45, 2.75) is 51.9 Å². The maximum atomic E-state index is 15.4. The molecule has 192 valence electrons. The summed E-state index contributed by atoms with van der Waals surface area (Å²) in [6, 6.07) is 10.3. The number of amides is 2. The van der Waals surface area contributed by atoms with Gasteiger partial charge in [0.15, 0.2) is 11.6 Å². The van der Waals surface area contributed by atoms with Gasteiger partial charge in [0.05, 0.1) is 24.0 Å². The van der Waals surface area contributed by atoms with Crippen LogP contribution in [0.5, 0.6) is 5.75 Å². The van der Waals surface area contributed by atoms with Crippen LogP contribution in [0.2, 0.25) is 0 Å². The number of nitrogens with zero attached hydrogens (tertiary/aromatic N) is 1. The van der Waals surface area contributed by atoms with Crippen molar-refractivity contribution >= 4 is 23.0 Å². The molecule has 1 atom stereocenters. The van der Waals surface area contributed by atoms with E-state index in [0.717, 1.165) is 10.5 Å². The van der Waals surface area contributed by atoms with E-state index in [4.69, 9.17) is 13.9 Å². The van der Waals surface area contributed by atoms with Crippen LogP contribution in [0.1, 0.15) is 42.5 Å². The minimum absolute atomic E-state index is 0.0620. The van der Waals surface area contributed by atoms with Crippen molar-refractivity contribution in [2.75, 3.05) is 13.1 Å². The average molecular weight is 505 g/mol. The van der Waals surface area contributed by atoms with Gasteiger partial charge in [-0.1, -0.05) is 30.3 Å². The number of alkyl halides is 2. The Hall–Kier alpha value is -3.69. The fraction of sp³-hybridized carbons (Fsp3) is 0.385. The number of furan rings is 1. The van der Waals surface area contributed by atoms with Crippen LogP contribution in [0, 0.1) is 12.7 Å². The van der Waals surface area contributed by atoms with Crippen molar-refractivity contribution in [3.63, 3.8) is 0 Å². The Balaban J connectivity index is 1.55. The molecule has 2 amide bonds. The highest BCUT2D eigenvalue weighted by atomic mass is 19.3. The third kappa shape index (κ3) is 5.27. The molecule has 7 nitrogen and oxygen atoms in total. The molecule has 0 aliphatic carbocycles. The Morgan fingerprint density at radius 3 is 2.53 bits per heavy atom. The second-order valence-corrected chi connectivity index (χ2v) is 9.71. The molecule has 1 aliphatic rings. The van der Waals surface area contributed by atoms with Gasteiger partial charge in [-0.2, -0.15) is 0 Å². The summed E-state index contributed by atoms with van der Waals surface area (Å²) < 4.78 is 61.1.